The average Bonchev–Trinajstić information content (AvgIpc) is 2.96. The Bertz CT molecular complexity index is 681. The predicted octanol–water partition coefficient (Wildman–Crippen LogP) is 3.10. The average molecular weight is 302 g/mol. The molecule has 0 spiro atoms. The van der Waals surface area contributed by atoms with Crippen molar-refractivity contribution in [1.29, 1.82) is 0 Å². The molecule has 1 atom stereocenters. The first-order valence-corrected chi connectivity index (χ1v) is 7.81. The number of thiophene rings is 1. The lowest BCUT2D eigenvalue weighted by atomic mass is 9.99. The van der Waals surface area contributed by atoms with Gasteiger partial charge >= 0.3 is 0 Å². The molecule has 2 heterocycles. The Kier molecular flexibility index (Phi) is 3.59. The number of nitrogen functional groups attached to an aromatic ring is 1. The van der Waals surface area contributed by atoms with Gasteiger partial charge in [0.2, 0.25) is 0 Å². The molecule has 3 rings (SSSR count). The third-order valence-corrected chi connectivity index (χ3v) is 5.03. The van der Waals surface area contributed by atoms with Gasteiger partial charge in [-0.15, -0.1) is 11.3 Å². The number of anilines is 1. The third kappa shape index (κ3) is 2.27. The first-order valence-electron chi connectivity index (χ1n) is 6.93. The molecule has 4 nitrogen and oxygen atoms in total. The fourth-order valence-electron chi connectivity index (χ4n) is 2.88. The molecule has 1 unspecified atom stereocenters. The van der Waals surface area contributed by atoms with Gasteiger partial charge in [-0.25, -0.2) is 0 Å². The van der Waals surface area contributed by atoms with Crippen LogP contribution in [0.3, 0.4) is 0 Å². The first kappa shape index (κ1) is 13.9. The number of carbonyl (C=O) groups is 1. The smallest absolute Gasteiger partial charge is 0.260 e. The summed E-state index contributed by atoms with van der Waals surface area (Å²) in [6, 6.07) is 7.48. The van der Waals surface area contributed by atoms with Crippen molar-refractivity contribution < 1.29 is 9.53 Å². The summed E-state index contributed by atoms with van der Waals surface area (Å²) in [5, 5.41) is 2.09. The second-order valence-corrected chi connectivity index (χ2v) is 6.15. The molecule has 1 aliphatic heterocycles. The van der Waals surface area contributed by atoms with Gasteiger partial charge in [-0.1, -0.05) is 6.07 Å². The van der Waals surface area contributed by atoms with Gasteiger partial charge < -0.3 is 15.4 Å². The van der Waals surface area contributed by atoms with Gasteiger partial charge in [-0.2, -0.15) is 0 Å². The summed E-state index contributed by atoms with van der Waals surface area (Å²) in [5.41, 5.74) is 8.17. The zero-order valence-electron chi connectivity index (χ0n) is 12.1. The minimum atomic E-state index is -0.0608. The fourth-order valence-corrected chi connectivity index (χ4v) is 3.84. The maximum Gasteiger partial charge on any atom is 0.260 e. The van der Waals surface area contributed by atoms with Crippen LogP contribution in [-0.4, -0.2) is 24.5 Å². The van der Waals surface area contributed by atoms with Gasteiger partial charge in [0.05, 0.1) is 13.2 Å². The van der Waals surface area contributed by atoms with Gasteiger partial charge in [0, 0.05) is 17.1 Å². The third-order valence-electron chi connectivity index (χ3n) is 4.03. The van der Waals surface area contributed by atoms with Crippen LogP contribution in [0.1, 0.15) is 33.8 Å². The largest absolute Gasteiger partial charge is 0.496 e. The Balaban J connectivity index is 1.97. The fraction of sp³-hybridized carbons (Fsp3) is 0.312. The molecule has 0 saturated carbocycles. The van der Waals surface area contributed by atoms with Crippen LogP contribution in [0.15, 0.2) is 29.6 Å². The van der Waals surface area contributed by atoms with Crippen molar-refractivity contribution in [2.45, 2.75) is 19.4 Å². The Labute approximate surface area is 128 Å². The minimum absolute atomic E-state index is 0.0608. The summed E-state index contributed by atoms with van der Waals surface area (Å²) in [5.74, 6) is 0.470. The molecule has 1 aromatic carbocycles. The van der Waals surface area contributed by atoms with Crippen LogP contribution in [-0.2, 0) is 6.42 Å². The number of amides is 1. The van der Waals surface area contributed by atoms with E-state index in [1.54, 1.807) is 36.6 Å². The van der Waals surface area contributed by atoms with Gasteiger partial charge in [0.25, 0.3) is 5.91 Å². The molecule has 0 saturated heterocycles. The van der Waals surface area contributed by atoms with Gasteiger partial charge in [0.15, 0.2) is 0 Å². The molecule has 0 fully saturated rings. The quantitative estimate of drug-likeness (QED) is 0.867. The molecule has 2 aromatic rings. The molecular formula is C16H18N2O2S. The van der Waals surface area contributed by atoms with Crippen LogP contribution in [0.4, 0.5) is 5.69 Å². The summed E-state index contributed by atoms with van der Waals surface area (Å²) in [7, 11) is 1.56. The minimum Gasteiger partial charge on any atom is -0.496 e. The molecular weight excluding hydrogens is 284 g/mol. The highest BCUT2D eigenvalue weighted by Crippen LogP contribution is 2.35. The highest BCUT2D eigenvalue weighted by Gasteiger charge is 2.31. The summed E-state index contributed by atoms with van der Waals surface area (Å²) in [4.78, 5) is 16.2. The van der Waals surface area contributed by atoms with E-state index in [1.165, 1.54) is 10.4 Å². The van der Waals surface area contributed by atoms with Crippen molar-refractivity contribution in [3.05, 3.63) is 45.6 Å². The number of hydrogen-bond acceptors (Lipinski definition) is 4. The van der Waals surface area contributed by atoms with E-state index < -0.39 is 0 Å². The number of benzene rings is 1. The van der Waals surface area contributed by atoms with Crippen LogP contribution in [0.25, 0.3) is 0 Å². The molecule has 1 amide bonds. The molecule has 0 aliphatic carbocycles. The number of fused-ring (bicyclic) bond motifs is 1. The zero-order valence-corrected chi connectivity index (χ0v) is 12.9. The number of hydrogen-bond donors (Lipinski definition) is 1. The Morgan fingerprint density at radius 1 is 1.43 bits per heavy atom. The van der Waals surface area contributed by atoms with E-state index in [1.807, 2.05) is 4.90 Å². The van der Waals surface area contributed by atoms with Crippen molar-refractivity contribution in [2.75, 3.05) is 19.4 Å². The molecule has 0 bridgehead atoms. The lowest BCUT2D eigenvalue weighted by Gasteiger charge is -2.34. The highest BCUT2D eigenvalue weighted by molar-refractivity contribution is 7.10. The summed E-state index contributed by atoms with van der Waals surface area (Å²) in [6.07, 6.45) is 0.901. The van der Waals surface area contributed by atoms with E-state index >= 15 is 0 Å². The van der Waals surface area contributed by atoms with Crippen molar-refractivity contribution in [3.63, 3.8) is 0 Å². The van der Waals surface area contributed by atoms with E-state index in [4.69, 9.17) is 10.5 Å². The van der Waals surface area contributed by atoms with E-state index in [0.29, 0.717) is 23.5 Å². The molecule has 21 heavy (non-hydrogen) atoms. The van der Waals surface area contributed by atoms with Crippen LogP contribution in [0.5, 0.6) is 5.75 Å². The number of methoxy groups -OCH3 is 1. The monoisotopic (exact) mass is 302 g/mol. The van der Waals surface area contributed by atoms with E-state index in [-0.39, 0.29) is 11.9 Å². The number of nitrogens with two attached hydrogens (primary N) is 1. The number of carbonyl (C=O) groups excluding carboxylic acids is 1. The topological polar surface area (TPSA) is 55.6 Å². The highest BCUT2D eigenvalue weighted by atomic mass is 32.1. The van der Waals surface area contributed by atoms with E-state index in [9.17, 15) is 4.79 Å². The maximum absolute atomic E-state index is 12.9. The van der Waals surface area contributed by atoms with Crippen molar-refractivity contribution in [3.8, 4) is 5.75 Å². The van der Waals surface area contributed by atoms with E-state index in [2.05, 4.69) is 18.4 Å². The van der Waals surface area contributed by atoms with Crippen LogP contribution >= 0.6 is 11.3 Å². The van der Waals surface area contributed by atoms with Crippen LogP contribution in [0, 0.1) is 0 Å². The number of ether oxygens (including phenoxy) is 1. The van der Waals surface area contributed by atoms with Crippen LogP contribution < -0.4 is 10.5 Å². The van der Waals surface area contributed by atoms with Crippen molar-refractivity contribution >= 4 is 22.9 Å². The van der Waals surface area contributed by atoms with Gasteiger partial charge in [0.1, 0.15) is 11.3 Å². The lowest BCUT2D eigenvalue weighted by molar-refractivity contribution is 0.0677. The maximum atomic E-state index is 12.9. The Hall–Kier alpha value is -2.01. The lowest BCUT2D eigenvalue weighted by Crippen LogP contribution is -2.38. The molecule has 0 radical (unpaired) electrons. The number of nitrogens with zero attached hydrogens (tertiary/aromatic N) is 1. The standard InChI is InChI=1S/C16H18N2O2S/c1-10-11-7-9-21-14(11)6-8-18(10)16(19)15-12(17)4-3-5-13(15)20-2/h3-5,7,9-10H,6,8,17H2,1-2H3. The Morgan fingerprint density at radius 3 is 3.00 bits per heavy atom. The second-order valence-electron chi connectivity index (χ2n) is 5.15. The SMILES string of the molecule is COc1cccc(N)c1C(=O)N1CCc2sccc2C1C. The molecule has 5 heteroatoms. The first-order chi connectivity index (χ1) is 10.1. The molecule has 1 aliphatic rings. The molecule has 1 aromatic heterocycles. The molecule has 110 valence electrons. The summed E-state index contributed by atoms with van der Waals surface area (Å²) < 4.78 is 5.30. The van der Waals surface area contributed by atoms with E-state index in [0.717, 1.165) is 6.42 Å². The number of rotatable bonds is 2. The van der Waals surface area contributed by atoms with Crippen molar-refractivity contribution in [2.24, 2.45) is 0 Å². The second kappa shape index (κ2) is 5.41. The normalized spacial score (nSPS) is 17.4. The van der Waals surface area contributed by atoms with Crippen molar-refractivity contribution in [1.82, 2.24) is 4.90 Å². The van der Waals surface area contributed by atoms with Gasteiger partial charge in [-0.05, 0) is 42.5 Å². The Morgan fingerprint density at radius 2 is 2.24 bits per heavy atom. The zero-order chi connectivity index (χ0) is 15.0. The summed E-state index contributed by atoms with van der Waals surface area (Å²) in [6.45, 7) is 2.78. The van der Waals surface area contributed by atoms with Gasteiger partial charge in [-0.3, -0.25) is 4.79 Å². The van der Waals surface area contributed by atoms with Crippen LogP contribution in [0.2, 0.25) is 0 Å². The predicted molar refractivity (Wildman–Crippen MR) is 84.9 cm³/mol. The molecule has 2 N–H and O–H groups in total. The summed E-state index contributed by atoms with van der Waals surface area (Å²) >= 11 is 1.76.